The summed E-state index contributed by atoms with van der Waals surface area (Å²) < 4.78 is 6.64. The van der Waals surface area contributed by atoms with Crippen LogP contribution >= 0.6 is 0 Å². The molecule has 0 aromatic rings. The van der Waals surface area contributed by atoms with Crippen molar-refractivity contribution in [2.45, 2.75) is 31.7 Å². The number of rotatable bonds is 1. The summed E-state index contributed by atoms with van der Waals surface area (Å²) >= 11 is 0. The average molecular weight is 172 g/mol. The molecule has 12 heavy (non-hydrogen) atoms. The Kier molecular flexibility index (Phi) is 3.53. The van der Waals surface area contributed by atoms with E-state index in [2.05, 4.69) is 21.1 Å². The Morgan fingerprint density at radius 3 is 2.50 bits per heavy atom. The number of quaternary nitrogens is 1. The quantitative estimate of drug-likeness (QED) is 0.546. The van der Waals surface area contributed by atoms with Gasteiger partial charge in [-0.2, -0.15) is 0 Å². The summed E-state index contributed by atoms with van der Waals surface area (Å²) in [6.07, 6.45) is 5.30. The van der Waals surface area contributed by atoms with Gasteiger partial charge in [-0.25, -0.2) is 0 Å². The maximum Gasteiger partial charge on any atom is 0.112 e. The van der Waals surface area contributed by atoms with Crippen molar-refractivity contribution in [2.75, 3.05) is 34.4 Å². The zero-order chi connectivity index (χ0) is 9.03. The molecule has 1 aliphatic heterocycles. The highest BCUT2D eigenvalue weighted by molar-refractivity contribution is 4.60. The fourth-order valence-corrected chi connectivity index (χ4v) is 1.67. The van der Waals surface area contributed by atoms with Crippen molar-refractivity contribution in [3.8, 4) is 0 Å². The third-order valence-electron chi connectivity index (χ3n) is 2.73. The molecular formula is C10H22NO+. The minimum atomic E-state index is 0.699. The Morgan fingerprint density at radius 2 is 1.83 bits per heavy atom. The number of ether oxygens (including phenoxy) is 1. The molecule has 0 bridgehead atoms. The highest BCUT2D eigenvalue weighted by atomic mass is 16.5. The van der Waals surface area contributed by atoms with Crippen molar-refractivity contribution in [1.82, 2.24) is 0 Å². The van der Waals surface area contributed by atoms with E-state index in [-0.39, 0.29) is 0 Å². The molecule has 72 valence electrons. The number of likely N-dealkylation sites (N-methyl/N-ethyl adjacent to an activating group) is 1. The first-order chi connectivity index (χ1) is 5.61. The van der Waals surface area contributed by atoms with E-state index in [0.717, 1.165) is 17.7 Å². The zero-order valence-corrected chi connectivity index (χ0v) is 8.68. The van der Waals surface area contributed by atoms with Crippen LogP contribution in [0.15, 0.2) is 0 Å². The first kappa shape index (κ1) is 10.0. The van der Waals surface area contributed by atoms with Gasteiger partial charge in [0.1, 0.15) is 6.04 Å². The normalized spacial score (nSPS) is 27.8. The molecule has 0 spiro atoms. The third-order valence-corrected chi connectivity index (χ3v) is 2.73. The molecule has 0 unspecified atom stereocenters. The van der Waals surface area contributed by atoms with Gasteiger partial charge in [-0.1, -0.05) is 6.42 Å². The third kappa shape index (κ3) is 3.11. The lowest BCUT2D eigenvalue weighted by Gasteiger charge is -2.35. The Bertz CT molecular complexity index is 120. The van der Waals surface area contributed by atoms with Gasteiger partial charge in [-0.05, 0) is 12.8 Å². The first-order valence-corrected chi connectivity index (χ1v) is 4.99. The zero-order valence-electron chi connectivity index (χ0n) is 8.68. The Balaban J connectivity index is 2.40. The topological polar surface area (TPSA) is 9.23 Å². The van der Waals surface area contributed by atoms with Crippen LogP contribution in [0.5, 0.6) is 0 Å². The van der Waals surface area contributed by atoms with Crippen LogP contribution in [0.1, 0.15) is 25.7 Å². The van der Waals surface area contributed by atoms with Crippen molar-refractivity contribution >= 4 is 0 Å². The Labute approximate surface area is 76.1 Å². The van der Waals surface area contributed by atoms with Crippen molar-refractivity contribution in [3.05, 3.63) is 0 Å². The maximum absolute atomic E-state index is 5.60. The average Bonchev–Trinajstić information content (AvgIpc) is 1.81. The maximum atomic E-state index is 5.60. The van der Waals surface area contributed by atoms with Crippen LogP contribution in [-0.2, 0) is 4.74 Å². The van der Waals surface area contributed by atoms with Crippen LogP contribution in [0.4, 0.5) is 0 Å². The summed E-state index contributed by atoms with van der Waals surface area (Å²) in [6.45, 7) is 1.92. The lowest BCUT2D eigenvalue weighted by molar-refractivity contribution is -0.897. The van der Waals surface area contributed by atoms with Crippen LogP contribution < -0.4 is 0 Å². The van der Waals surface area contributed by atoms with Crippen LogP contribution in [0.3, 0.4) is 0 Å². The highest BCUT2D eigenvalue weighted by Crippen LogP contribution is 2.15. The van der Waals surface area contributed by atoms with E-state index in [0.29, 0.717) is 6.04 Å². The van der Waals surface area contributed by atoms with E-state index >= 15 is 0 Å². The van der Waals surface area contributed by atoms with Crippen LogP contribution in [-0.4, -0.2) is 44.9 Å². The summed E-state index contributed by atoms with van der Waals surface area (Å²) in [7, 11) is 6.78. The molecule has 0 aliphatic carbocycles. The van der Waals surface area contributed by atoms with Gasteiger partial charge in [0.05, 0.1) is 27.7 Å². The van der Waals surface area contributed by atoms with Gasteiger partial charge in [0.2, 0.25) is 0 Å². The molecule has 1 heterocycles. The fraction of sp³-hybridized carbons (Fsp3) is 1.00. The molecule has 0 amide bonds. The standard InChI is InChI=1S/C10H22NO/c1-11(2,3)10-7-5-4-6-8-12-9-10/h10H,4-9H2,1-3H3/q+1/t10-/m1/s1. The van der Waals surface area contributed by atoms with Crippen LogP contribution in [0.2, 0.25) is 0 Å². The second-order valence-corrected chi connectivity index (χ2v) is 4.69. The van der Waals surface area contributed by atoms with Gasteiger partial charge >= 0.3 is 0 Å². The molecular weight excluding hydrogens is 150 g/mol. The summed E-state index contributed by atoms with van der Waals surface area (Å²) in [6, 6.07) is 0.699. The smallest absolute Gasteiger partial charge is 0.112 e. The molecule has 1 fully saturated rings. The Hall–Kier alpha value is -0.0800. The minimum absolute atomic E-state index is 0.699. The number of nitrogens with zero attached hydrogens (tertiary/aromatic N) is 1. The summed E-state index contributed by atoms with van der Waals surface area (Å²) in [5, 5.41) is 0. The molecule has 1 aliphatic rings. The van der Waals surface area contributed by atoms with Crippen molar-refractivity contribution < 1.29 is 9.22 Å². The van der Waals surface area contributed by atoms with Gasteiger partial charge < -0.3 is 9.22 Å². The van der Waals surface area contributed by atoms with E-state index < -0.39 is 0 Å². The predicted molar refractivity (Wildman–Crippen MR) is 51.1 cm³/mol. The summed E-state index contributed by atoms with van der Waals surface area (Å²) in [5.41, 5.74) is 0. The van der Waals surface area contributed by atoms with E-state index in [1.165, 1.54) is 25.7 Å². The minimum Gasteiger partial charge on any atom is -0.375 e. The van der Waals surface area contributed by atoms with Crippen molar-refractivity contribution in [1.29, 1.82) is 0 Å². The largest absolute Gasteiger partial charge is 0.375 e. The molecule has 0 N–H and O–H groups in total. The van der Waals surface area contributed by atoms with Gasteiger partial charge in [-0.15, -0.1) is 0 Å². The molecule has 0 saturated carbocycles. The van der Waals surface area contributed by atoms with Crippen LogP contribution in [0.25, 0.3) is 0 Å². The van der Waals surface area contributed by atoms with E-state index in [9.17, 15) is 0 Å². The van der Waals surface area contributed by atoms with Crippen molar-refractivity contribution in [3.63, 3.8) is 0 Å². The molecule has 2 heteroatoms. The van der Waals surface area contributed by atoms with Gasteiger partial charge in [0.15, 0.2) is 0 Å². The van der Waals surface area contributed by atoms with Crippen LogP contribution in [0, 0.1) is 0 Å². The molecule has 0 aromatic heterocycles. The second kappa shape index (κ2) is 4.24. The fourth-order valence-electron chi connectivity index (χ4n) is 1.67. The molecule has 1 saturated heterocycles. The molecule has 0 aromatic carbocycles. The van der Waals surface area contributed by atoms with Gasteiger partial charge in [0, 0.05) is 13.0 Å². The van der Waals surface area contributed by atoms with Gasteiger partial charge in [-0.3, -0.25) is 0 Å². The Morgan fingerprint density at radius 1 is 1.08 bits per heavy atom. The van der Waals surface area contributed by atoms with Gasteiger partial charge in [0.25, 0.3) is 0 Å². The summed E-state index contributed by atoms with van der Waals surface area (Å²) in [5.74, 6) is 0. The predicted octanol–water partition coefficient (Wildman–Crippen LogP) is 1.65. The van der Waals surface area contributed by atoms with Crippen molar-refractivity contribution in [2.24, 2.45) is 0 Å². The molecule has 2 nitrogen and oxygen atoms in total. The molecule has 1 atom stereocenters. The SMILES string of the molecule is C[N+](C)(C)[C@@H]1CCCCCOC1. The van der Waals surface area contributed by atoms with E-state index in [4.69, 9.17) is 4.74 Å². The molecule has 0 radical (unpaired) electrons. The lowest BCUT2D eigenvalue weighted by atomic mass is 10.1. The first-order valence-electron chi connectivity index (χ1n) is 4.99. The number of hydrogen-bond acceptors (Lipinski definition) is 1. The van der Waals surface area contributed by atoms with E-state index in [1.54, 1.807) is 0 Å². The van der Waals surface area contributed by atoms with E-state index in [1.807, 2.05) is 0 Å². The highest BCUT2D eigenvalue weighted by Gasteiger charge is 2.24. The number of hydrogen-bond donors (Lipinski definition) is 0. The molecule has 1 rings (SSSR count). The monoisotopic (exact) mass is 172 g/mol. The lowest BCUT2D eigenvalue weighted by Crippen LogP contribution is -2.48. The second-order valence-electron chi connectivity index (χ2n) is 4.69. The summed E-state index contributed by atoms with van der Waals surface area (Å²) in [4.78, 5) is 0.